The molecule has 1 rings (SSSR count). The van der Waals surface area contributed by atoms with Crippen LogP contribution in [0.5, 0.6) is 0 Å². The van der Waals surface area contributed by atoms with Crippen LogP contribution in [-0.4, -0.2) is 5.75 Å². The quantitative estimate of drug-likeness (QED) is 0.558. The summed E-state index contributed by atoms with van der Waals surface area (Å²) in [5.41, 5.74) is 3.53. The highest BCUT2D eigenvalue weighted by Crippen LogP contribution is 2.15. The molecule has 1 aromatic carbocycles. The van der Waals surface area contributed by atoms with Crippen molar-refractivity contribution in [3.05, 3.63) is 54.1 Å². The van der Waals surface area contributed by atoms with Gasteiger partial charge in [0.15, 0.2) is 0 Å². The van der Waals surface area contributed by atoms with Gasteiger partial charge in [-0.15, -0.1) is 0 Å². The van der Waals surface area contributed by atoms with Crippen molar-refractivity contribution in [2.45, 2.75) is 13.3 Å². The van der Waals surface area contributed by atoms with Gasteiger partial charge in [-0.1, -0.05) is 48.6 Å². The maximum atomic E-state index is 4.15. The zero-order valence-corrected chi connectivity index (χ0v) is 9.43. The minimum atomic E-state index is 0.887. The first-order chi connectivity index (χ1) is 6.74. The van der Waals surface area contributed by atoms with Crippen LogP contribution in [0.15, 0.2) is 43.0 Å². The topological polar surface area (TPSA) is 0 Å². The van der Waals surface area contributed by atoms with Crippen molar-refractivity contribution in [3.8, 4) is 0 Å². The zero-order valence-electron chi connectivity index (χ0n) is 8.53. The standard InChI is InChI=1S/C13H16S/c1-11-6-5-8-13(10-11)12(2)7-3-4-9-14/h3,5-8,10,14H,2,4,9H2,1H3/b7-3-. The molecule has 0 aliphatic rings. The number of thiol groups is 1. The van der Waals surface area contributed by atoms with Crippen LogP contribution < -0.4 is 0 Å². The fraction of sp³-hybridized carbons (Fsp3) is 0.231. The van der Waals surface area contributed by atoms with Gasteiger partial charge in [0.25, 0.3) is 0 Å². The molecule has 0 heterocycles. The summed E-state index contributed by atoms with van der Waals surface area (Å²) in [5.74, 6) is 0.887. The predicted molar refractivity (Wildman–Crippen MR) is 67.8 cm³/mol. The molecule has 0 aliphatic carbocycles. The summed E-state index contributed by atoms with van der Waals surface area (Å²) >= 11 is 4.15. The largest absolute Gasteiger partial charge is 0.179 e. The fourth-order valence-corrected chi connectivity index (χ4v) is 1.39. The Bertz CT molecular complexity index is 337. The Hall–Kier alpha value is -0.950. The summed E-state index contributed by atoms with van der Waals surface area (Å²) in [6.07, 6.45) is 5.16. The monoisotopic (exact) mass is 204 g/mol. The van der Waals surface area contributed by atoms with Gasteiger partial charge in [-0.3, -0.25) is 0 Å². The molecular formula is C13H16S. The Balaban J connectivity index is 2.70. The van der Waals surface area contributed by atoms with E-state index in [0.717, 1.165) is 17.7 Å². The molecule has 1 aromatic rings. The number of allylic oxidation sites excluding steroid dienone is 3. The van der Waals surface area contributed by atoms with E-state index in [0.29, 0.717) is 0 Å². The van der Waals surface area contributed by atoms with E-state index in [1.807, 2.05) is 0 Å². The summed E-state index contributed by atoms with van der Waals surface area (Å²) in [7, 11) is 0. The highest BCUT2D eigenvalue weighted by atomic mass is 32.1. The third-order valence-electron chi connectivity index (χ3n) is 2.00. The maximum Gasteiger partial charge on any atom is -0.00632 e. The maximum absolute atomic E-state index is 4.15. The molecule has 0 aromatic heterocycles. The lowest BCUT2D eigenvalue weighted by Gasteiger charge is -2.01. The first kappa shape index (κ1) is 11.1. The summed E-state index contributed by atoms with van der Waals surface area (Å²) in [5, 5.41) is 0. The van der Waals surface area contributed by atoms with Crippen LogP contribution in [-0.2, 0) is 0 Å². The Morgan fingerprint density at radius 1 is 1.50 bits per heavy atom. The second-order valence-electron chi connectivity index (χ2n) is 3.31. The molecule has 0 fully saturated rings. The minimum absolute atomic E-state index is 0.887. The van der Waals surface area contributed by atoms with Crippen molar-refractivity contribution in [1.29, 1.82) is 0 Å². The molecule has 14 heavy (non-hydrogen) atoms. The van der Waals surface area contributed by atoms with Gasteiger partial charge in [0.2, 0.25) is 0 Å². The molecular weight excluding hydrogens is 188 g/mol. The fourth-order valence-electron chi connectivity index (χ4n) is 1.24. The van der Waals surface area contributed by atoms with Crippen LogP contribution in [0.2, 0.25) is 0 Å². The van der Waals surface area contributed by atoms with Crippen LogP contribution in [0.1, 0.15) is 17.5 Å². The first-order valence-electron chi connectivity index (χ1n) is 4.77. The van der Waals surface area contributed by atoms with Gasteiger partial charge in [0, 0.05) is 0 Å². The SMILES string of the molecule is C=C(/C=C\CCS)c1cccc(C)c1. The molecule has 0 nitrogen and oxygen atoms in total. The number of hydrogen-bond acceptors (Lipinski definition) is 1. The average molecular weight is 204 g/mol. The normalized spacial score (nSPS) is 10.7. The van der Waals surface area contributed by atoms with Crippen molar-refractivity contribution < 1.29 is 0 Å². The Morgan fingerprint density at radius 2 is 2.29 bits per heavy atom. The van der Waals surface area contributed by atoms with E-state index in [9.17, 15) is 0 Å². The molecule has 0 bridgehead atoms. The number of benzene rings is 1. The first-order valence-corrected chi connectivity index (χ1v) is 5.40. The zero-order chi connectivity index (χ0) is 10.4. The molecule has 0 amide bonds. The van der Waals surface area contributed by atoms with Crippen molar-refractivity contribution >= 4 is 18.2 Å². The van der Waals surface area contributed by atoms with Crippen LogP contribution in [0, 0.1) is 6.92 Å². The Labute approximate surface area is 91.8 Å². The molecule has 0 aliphatic heterocycles. The van der Waals surface area contributed by atoms with Gasteiger partial charge < -0.3 is 0 Å². The molecule has 0 saturated heterocycles. The van der Waals surface area contributed by atoms with Crippen molar-refractivity contribution in [2.24, 2.45) is 0 Å². The summed E-state index contributed by atoms with van der Waals surface area (Å²) in [6.45, 7) is 6.12. The summed E-state index contributed by atoms with van der Waals surface area (Å²) in [6, 6.07) is 8.38. The second kappa shape index (κ2) is 5.71. The molecule has 0 radical (unpaired) electrons. The smallest absolute Gasteiger partial charge is 0.00632 e. The van der Waals surface area contributed by atoms with Gasteiger partial charge >= 0.3 is 0 Å². The lowest BCUT2D eigenvalue weighted by atomic mass is 10.0. The minimum Gasteiger partial charge on any atom is -0.179 e. The van der Waals surface area contributed by atoms with Gasteiger partial charge in [-0.05, 0) is 30.2 Å². The number of rotatable bonds is 4. The van der Waals surface area contributed by atoms with E-state index in [1.165, 1.54) is 11.1 Å². The van der Waals surface area contributed by atoms with E-state index in [4.69, 9.17) is 0 Å². The predicted octanol–water partition coefficient (Wildman–Crippen LogP) is 3.88. The van der Waals surface area contributed by atoms with Gasteiger partial charge in [-0.25, -0.2) is 0 Å². The molecule has 1 heteroatoms. The third kappa shape index (κ3) is 3.43. The molecule has 74 valence electrons. The highest BCUT2D eigenvalue weighted by molar-refractivity contribution is 7.80. The van der Waals surface area contributed by atoms with Crippen LogP contribution in [0.4, 0.5) is 0 Å². The van der Waals surface area contributed by atoms with E-state index in [1.54, 1.807) is 0 Å². The summed E-state index contributed by atoms with van der Waals surface area (Å²) < 4.78 is 0. The van der Waals surface area contributed by atoms with Crippen molar-refractivity contribution in [3.63, 3.8) is 0 Å². The Kier molecular flexibility index (Phi) is 4.54. The van der Waals surface area contributed by atoms with Crippen LogP contribution in [0.3, 0.4) is 0 Å². The lowest BCUT2D eigenvalue weighted by Crippen LogP contribution is -1.80. The van der Waals surface area contributed by atoms with Gasteiger partial charge in [0.05, 0.1) is 0 Å². The number of hydrogen-bond donors (Lipinski definition) is 1. The van der Waals surface area contributed by atoms with E-state index >= 15 is 0 Å². The Morgan fingerprint density at radius 3 is 2.93 bits per heavy atom. The molecule has 0 N–H and O–H groups in total. The second-order valence-corrected chi connectivity index (χ2v) is 3.76. The highest BCUT2D eigenvalue weighted by Gasteiger charge is 1.93. The third-order valence-corrected chi connectivity index (χ3v) is 2.26. The van der Waals surface area contributed by atoms with Crippen molar-refractivity contribution in [1.82, 2.24) is 0 Å². The number of aryl methyl sites for hydroxylation is 1. The molecule has 0 spiro atoms. The summed E-state index contributed by atoms with van der Waals surface area (Å²) in [4.78, 5) is 0. The molecule has 0 saturated carbocycles. The molecule has 0 unspecified atom stereocenters. The van der Waals surface area contributed by atoms with E-state index in [-0.39, 0.29) is 0 Å². The molecule has 0 atom stereocenters. The van der Waals surface area contributed by atoms with Gasteiger partial charge in [-0.2, -0.15) is 12.6 Å². The average Bonchev–Trinajstić information content (AvgIpc) is 2.18. The van der Waals surface area contributed by atoms with E-state index in [2.05, 4.69) is 62.5 Å². The van der Waals surface area contributed by atoms with Crippen molar-refractivity contribution in [2.75, 3.05) is 5.75 Å². The van der Waals surface area contributed by atoms with Crippen LogP contribution in [0.25, 0.3) is 5.57 Å². The lowest BCUT2D eigenvalue weighted by molar-refractivity contribution is 1.25. The van der Waals surface area contributed by atoms with E-state index < -0.39 is 0 Å². The van der Waals surface area contributed by atoms with Gasteiger partial charge in [0.1, 0.15) is 0 Å². The van der Waals surface area contributed by atoms with Crippen LogP contribution >= 0.6 is 12.6 Å².